The van der Waals surface area contributed by atoms with Gasteiger partial charge in [0.15, 0.2) is 0 Å². The Hall–Kier alpha value is -3.32. The molecule has 1 unspecified atom stereocenters. The molecule has 3 aromatic rings. The van der Waals surface area contributed by atoms with Gasteiger partial charge in [0.05, 0.1) is 23.4 Å². The zero-order chi connectivity index (χ0) is 22.2. The summed E-state index contributed by atoms with van der Waals surface area (Å²) < 4.78 is 33.8. The maximum Gasteiger partial charge on any atom is 0.264 e. The number of ether oxygens (including phenoxy) is 1. The molecule has 7 heteroatoms. The first-order valence-corrected chi connectivity index (χ1v) is 11.4. The molecule has 0 saturated heterocycles. The second-order valence-corrected chi connectivity index (χ2v) is 9.36. The van der Waals surface area contributed by atoms with Gasteiger partial charge in [0.1, 0.15) is 5.75 Å². The summed E-state index contributed by atoms with van der Waals surface area (Å²) in [5.41, 5.74) is 2.58. The van der Waals surface area contributed by atoms with Crippen molar-refractivity contribution in [2.24, 2.45) is 0 Å². The predicted molar refractivity (Wildman–Crippen MR) is 121 cm³/mol. The minimum atomic E-state index is -3.82. The zero-order valence-corrected chi connectivity index (χ0v) is 18.5. The van der Waals surface area contributed by atoms with Gasteiger partial charge in [-0.05, 0) is 55.3 Å². The van der Waals surface area contributed by atoms with E-state index in [2.05, 4.69) is 0 Å². The van der Waals surface area contributed by atoms with Gasteiger partial charge in [-0.15, -0.1) is 0 Å². The van der Waals surface area contributed by atoms with E-state index >= 15 is 0 Å². The van der Waals surface area contributed by atoms with Crippen LogP contribution in [-0.2, 0) is 16.4 Å². The predicted octanol–water partition coefficient (Wildman–Crippen LogP) is 4.11. The summed E-state index contributed by atoms with van der Waals surface area (Å²) in [6, 6.07) is 20.7. The van der Waals surface area contributed by atoms with Crippen molar-refractivity contribution < 1.29 is 17.9 Å². The van der Waals surface area contributed by atoms with E-state index in [0.717, 1.165) is 5.56 Å². The summed E-state index contributed by atoms with van der Waals surface area (Å²) in [4.78, 5) is 14.7. The smallest absolute Gasteiger partial charge is 0.264 e. The molecule has 3 aromatic carbocycles. The summed E-state index contributed by atoms with van der Waals surface area (Å²) >= 11 is 0. The van der Waals surface area contributed by atoms with Crippen LogP contribution < -0.4 is 13.9 Å². The number of anilines is 2. The largest absolute Gasteiger partial charge is 0.495 e. The van der Waals surface area contributed by atoms with Gasteiger partial charge < -0.3 is 9.64 Å². The number of para-hydroxylation sites is 3. The van der Waals surface area contributed by atoms with E-state index in [0.29, 0.717) is 23.5 Å². The van der Waals surface area contributed by atoms with Crippen molar-refractivity contribution >= 4 is 27.3 Å². The molecule has 0 aromatic heterocycles. The molecule has 0 saturated carbocycles. The maximum absolute atomic E-state index is 13.5. The van der Waals surface area contributed by atoms with Crippen molar-refractivity contribution in [3.63, 3.8) is 0 Å². The van der Waals surface area contributed by atoms with Crippen LogP contribution in [0.2, 0.25) is 0 Å². The van der Waals surface area contributed by atoms with Gasteiger partial charge in [0, 0.05) is 18.7 Å². The molecule has 4 rings (SSSR count). The van der Waals surface area contributed by atoms with E-state index in [-0.39, 0.29) is 22.4 Å². The van der Waals surface area contributed by atoms with Crippen molar-refractivity contribution in [1.82, 2.24) is 0 Å². The number of amides is 1. The maximum atomic E-state index is 13.5. The number of benzene rings is 3. The molecule has 0 spiro atoms. The lowest BCUT2D eigenvalue weighted by molar-refractivity contribution is 0.0992. The molecule has 1 atom stereocenters. The fraction of sp³-hybridized carbons (Fsp3) is 0.208. The van der Waals surface area contributed by atoms with Crippen LogP contribution >= 0.6 is 0 Å². The Morgan fingerprint density at radius 2 is 1.74 bits per heavy atom. The van der Waals surface area contributed by atoms with E-state index in [1.54, 1.807) is 38.4 Å². The zero-order valence-electron chi connectivity index (χ0n) is 17.6. The Labute approximate surface area is 182 Å². The van der Waals surface area contributed by atoms with E-state index in [4.69, 9.17) is 4.74 Å². The number of hydrogen-bond acceptors (Lipinski definition) is 4. The van der Waals surface area contributed by atoms with Crippen LogP contribution in [0.1, 0.15) is 22.8 Å². The number of nitrogens with zero attached hydrogens (tertiary/aromatic N) is 2. The molecule has 1 amide bonds. The first-order valence-electron chi connectivity index (χ1n) is 9.98. The Morgan fingerprint density at radius 1 is 1.03 bits per heavy atom. The number of sulfonamides is 1. The summed E-state index contributed by atoms with van der Waals surface area (Å²) in [6.07, 6.45) is 0.657. The number of carbonyl (C=O) groups is 1. The third-order valence-electron chi connectivity index (χ3n) is 5.53. The van der Waals surface area contributed by atoms with Gasteiger partial charge in [-0.2, -0.15) is 0 Å². The summed E-state index contributed by atoms with van der Waals surface area (Å²) in [5, 5.41) is 0. The van der Waals surface area contributed by atoms with Crippen LogP contribution in [0.5, 0.6) is 5.75 Å². The number of fused-ring (bicyclic) bond motifs is 1. The van der Waals surface area contributed by atoms with Crippen LogP contribution in [0, 0.1) is 0 Å². The van der Waals surface area contributed by atoms with E-state index in [1.165, 1.54) is 21.3 Å². The van der Waals surface area contributed by atoms with Crippen molar-refractivity contribution in [2.75, 3.05) is 23.4 Å². The van der Waals surface area contributed by atoms with Gasteiger partial charge >= 0.3 is 0 Å². The highest BCUT2D eigenvalue weighted by molar-refractivity contribution is 7.92. The van der Waals surface area contributed by atoms with Crippen molar-refractivity contribution in [1.29, 1.82) is 0 Å². The first-order chi connectivity index (χ1) is 14.8. The minimum Gasteiger partial charge on any atom is -0.495 e. The fourth-order valence-electron chi connectivity index (χ4n) is 4.02. The molecule has 0 radical (unpaired) electrons. The molecule has 0 N–H and O–H groups in total. The number of carbonyl (C=O) groups excluding carboxylic acids is 1. The summed E-state index contributed by atoms with van der Waals surface area (Å²) in [5.74, 6) is 0.237. The molecule has 1 heterocycles. The lowest BCUT2D eigenvalue weighted by atomic mass is 10.1. The molecule has 0 aliphatic carbocycles. The Morgan fingerprint density at radius 3 is 2.52 bits per heavy atom. The third kappa shape index (κ3) is 3.65. The van der Waals surface area contributed by atoms with Crippen molar-refractivity contribution in [3.8, 4) is 5.75 Å². The molecule has 6 nitrogen and oxygen atoms in total. The monoisotopic (exact) mass is 436 g/mol. The highest BCUT2D eigenvalue weighted by Gasteiger charge is 2.36. The average molecular weight is 437 g/mol. The Kier molecular flexibility index (Phi) is 5.45. The highest BCUT2D eigenvalue weighted by atomic mass is 32.2. The second kappa shape index (κ2) is 8.07. The number of methoxy groups -OCH3 is 1. The van der Waals surface area contributed by atoms with E-state index in [9.17, 15) is 13.2 Å². The summed E-state index contributed by atoms with van der Waals surface area (Å²) in [7, 11) is -0.642. The standard InChI is InChI=1S/C24H24N2O4S/c1-17-15-18-9-4-5-12-21(18)26(17)31(28,29)20-11-8-10-19(16-20)24(27)25(2)22-13-6-7-14-23(22)30-3/h4-14,16-17H,15H2,1-3H3. The van der Waals surface area contributed by atoms with E-state index in [1.807, 2.05) is 43.3 Å². The molecule has 0 fully saturated rings. The molecule has 1 aliphatic heterocycles. The van der Waals surface area contributed by atoms with Crippen LogP contribution in [0.3, 0.4) is 0 Å². The normalized spacial score (nSPS) is 15.5. The van der Waals surface area contributed by atoms with Crippen LogP contribution in [0.4, 0.5) is 11.4 Å². The average Bonchev–Trinajstić information content (AvgIpc) is 3.14. The summed E-state index contributed by atoms with van der Waals surface area (Å²) in [6.45, 7) is 1.89. The Bertz CT molecular complexity index is 1240. The second-order valence-electron chi connectivity index (χ2n) is 7.55. The molecular formula is C24H24N2O4S. The molecule has 160 valence electrons. The molecule has 0 bridgehead atoms. The first kappa shape index (κ1) is 20.9. The van der Waals surface area contributed by atoms with Gasteiger partial charge in [0.2, 0.25) is 0 Å². The SMILES string of the molecule is COc1ccccc1N(C)C(=O)c1cccc(S(=O)(=O)N2c3ccccc3CC2C)c1. The molecule has 1 aliphatic rings. The van der Waals surface area contributed by atoms with Crippen LogP contribution in [0.15, 0.2) is 77.7 Å². The van der Waals surface area contributed by atoms with E-state index < -0.39 is 10.0 Å². The van der Waals surface area contributed by atoms with Gasteiger partial charge in [-0.3, -0.25) is 9.10 Å². The fourth-order valence-corrected chi connectivity index (χ4v) is 5.76. The molecule has 31 heavy (non-hydrogen) atoms. The van der Waals surface area contributed by atoms with Gasteiger partial charge in [-0.25, -0.2) is 8.42 Å². The van der Waals surface area contributed by atoms with Crippen LogP contribution in [-0.4, -0.2) is 34.5 Å². The highest BCUT2D eigenvalue weighted by Crippen LogP contribution is 2.36. The van der Waals surface area contributed by atoms with Crippen LogP contribution in [0.25, 0.3) is 0 Å². The lowest BCUT2D eigenvalue weighted by Gasteiger charge is -2.25. The Balaban J connectivity index is 1.69. The number of rotatable bonds is 5. The van der Waals surface area contributed by atoms with Gasteiger partial charge in [0.25, 0.3) is 15.9 Å². The number of hydrogen-bond donors (Lipinski definition) is 0. The quantitative estimate of drug-likeness (QED) is 0.604. The van der Waals surface area contributed by atoms with Crippen molar-refractivity contribution in [3.05, 3.63) is 83.9 Å². The topological polar surface area (TPSA) is 66.9 Å². The van der Waals surface area contributed by atoms with Gasteiger partial charge in [-0.1, -0.05) is 36.4 Å². The van der Waals surface area contributed by atoms with Crippen molar-refractivity contribution in [2.45, 2.75) is 24.3 Å². The lowest BCUT2D eigenvalue weighted by Crippen LogP contribution is -2.36. The third-order valence-corrected chi connectivity index (χ3v) is 7.46. The minimum absolute atomic E-state index is 0.0929. The molecular weight excluding hydrogens is 412 g/mol.